The van der Waals surface area contributed by atoms with Crippen LogP contribution in [-0.4, -0.2) is 11.5 Å². The molecule has 0 saturated heterocycles. The predicted molar refractivity (Wildman–Crippen MR) is 88.1 cm³/mol. The summed E-state index contributed by atoms with van der Waals surface area (Å²) in [5.74, 6) is 0.710. The van der Waals surface area contributed by atoms with Gasteiger partial charge in [-0.25, -0.2) is 0 Å². The van der Waals surface area contributed by atoms with Crippen molar-refractivity contribution in [2.45, 2.75) is 12.5 Å². The maximum atomic E-state index is 6.34. The molecule has 1 aromatic heterocycles. The first-order valence-electron chi connectivity index (χ1n) is 6.72. The highest BCUT2D eigenvalue weighted by Crippen LogP contribution is 2.37. The number of ether oxygens (including phenoxy) is 1. The second-order valence-electron chi connectivity index (χ2n) is 4.69. The molecule has 3 rings (SSSR count). The van der Waals surface area contributed by atoms with Crippen LogP contribution in [-0.2, 0) is 0 Å². The van der Waals surface area contributed by atoms with Crippen molar-refractivity contribution in [2.24, 2.45) is 5.73 Å². The van der Waals surface area contributed by atoms with E-state index in [-0.39, 0.29) is 6.10 Å². The Labute approximate surface area is 132 Å². The van der Waals surface area contributed by atoms with Crippen LogP contribution in [0, 0.1) is 0 Å². The number of benzene rings is 2. The fraction of sp³-hybridized carbons (Fsp3) is 0.188. The van der Waals surface area contributed by atoms with E-state index in [0.717, 1.165) is 22.1 Å². The van der Waals surface area contributed by atoms with Crippen molar-refractivity contribution in [3.05, 3.63) is 58.0 Å². The molecule has 3 aromatic rings. The number of rotatable bonds is 5. The molecule has 2 N–H and O–H groups in total. The molecule has 0 amide bonds. The zero-order valence-corrected chi connectivity index (χ0v) is 12.9. The van der Waals surface area contributed by atoms with Crippen LogP contribution in [0.5, 0.6) is 5.75 Å². The Morgan fingerprint density at radius 1 is 1.24 bits per heavy atom. The first kappa shape index (κ1) is 14.3. The Balaban J connectivity index is 2.01. The van der Waals surface area contributed by atoms with Gasteiger partial charge in [-0.1, -0.05) is 41.9 Å². The van der Waals surface area contributed by atoms with Crippen LogP contribution >= 0.6 is 22.9 Å². The van der Waals surface area contributed by atoms with Crippen LogP contribution in [0.2, 0.25) is 5.02 Å². The molecule has 108 valence electrons. The molecule has 0 radical (unpaired) electrons. The highest BCUT2D eigenvalue weighted by atomic mass is 35.5. The minimum Gasteiger partial charge on any atom is -0.483 e. The van der Waals surface area contributed by atoms with Crippen molar-refractivity contribution in [2.75, 3.05) is 6.54 Å². The number of fused-ring (bicyclic) bond motifs is 1. The molecule has 0 saturated carbocycles. The van der Waals surface area contributed by atoms with Gasteiger partial charge in [0.25, 0.3) is 0 Å². The maximum Gasteiger partial charge on any atom is 0.146 e. The summed E-state index contributed by atoms with van der Waals surface area (Å²) in [5.41, 5.74) is 7.51. The SMILES string of the molecule is NCCC(Oc1c(Cl)ccc2ccccc12)c1cncs1. The van der Waals surface area contributed by atoms with E-state index in [2.05, 4.69) is 4.98 Å². The molecule has 5 heteroatoms. The molecule has 0 bridgehead atoms. The zero-order valence-electron chi connectivity index (χ0n) is 11.3. The molecule has 0 aliphatic heterocycles. The third kappa shape index (κ3) is 3.02. The van der Waals surface area contributed by atoms with Crippen molar-refractivity contribution >= 4 is 33.7 Å². The summed E-state index contributed by atoms with van der Waals surface area (Å²) in [5, 5.41) is 2.73. The van der Waals surface area contributed by atoms with Gasteiger partial charge >= 0.3 is 0 Å². The topological polar surface area (TPSA) is 48.1 Å². The van der Waals surface area contributed by atoms with Gasteiger partial charge in [0.1, 0.15) is 11.9 Å². The number of aromatic nitrogens is 1. The van der Waals surface area contributed by atoms with Gasteiger partial charge in [0.2, 0.25) is 0 Å². The second-order valence-corrected chi connectivity index (χ2v) is 6.01. The number of nitrogens with zero attached hydrogens (tertiary/aromatic N) is 1. The number of hydrogen-bond donors (Lipinski definition) is 1. The average molecular weight is 319 g/mol. The molecule has 0 aliphatic rings. The Bertz CT molecular complexity index is 730. The molecule has 3 nitrogen and oxygen atoms in total. The molecule has 1 unspecified atom stereocenters. The monoisotopic (exact) mass is 318 g/mol. The Hall–Kier alpha value is -1.62. The third-order valence-corrected chi connectivity index (χ3v) is 4.45. The third-order valence-electron chi connectivity index (χ3n) is 3.29. The first-order valence-corrected chi connectivity index (χ1v) is 7.97. The smallest absolute Gasteiger partial charge is 0.146 e. The van der Waals surface area contributed by atoms with E-state index in [0.29, 0.717) is 17.3 Å². The Morgan fingerprint density at radius 2 is 2.10 bits per heavy atom. The van der Waals surface area contributed by atoms with Gasteiger partial charge < -0.3 is 10.5 Å². The van der Waals surface area contributed by atoms with E-state index in [4.69, 9.17) is 22.1 Å². The van der Waals surface area contributed by atoms with Crippen molar-refractivity contribution < 1.29 is 4.74 Å². The largest absolute Gasteiger partial charge is 0.483 e. The minimum absolute atomic E-state index is 0.120. The summed E-state index contributed by atoms with van der Waals surface area (Å²) in [6.07, 6.45) is 2.43. The molecule has 2 aromatic carbocycles. The average Bonchev–Trinajstić information content (AvgIpc) is 3.03. The van der Waals surface area contributed by atoms with E-state index >= 15 is 0 Å². The number of hydrogen-bond acceptors (Lipinski definition) is 4. The van der Waals surface area contributed by atoms with Gasteiger partial charge in [-0.05, 0) is 18.0 Å². The lowest BCUT2D eigenvalue weighted by Crippen LogP contribution is -2.12. The van der Waals surface area contributed by atoms with Gasteiger partial charge in [0.05, 0.1) is 15.4 Å². The van der Waals surface area contributed by atoms with Crippen LogP contribution in [0.4, 0.5) is 0 Å². The first-order chi connectivity index (χ1) is 10.3. The van der Waals surface area contributed by atoms with E-state index in [1.54, 1.807) is 16.8 Å². The van der Waals surface area contributed by atoms with Crippen molar-refractivity contribution in [1.82, 2.24) is 4.98 Å². The van der Waals surface area contributed by atoms with Gasteiger partial charge in [-0.2, -0.15) is 0 Å². The summed E-state index contributed by atoms with van der Waals surface area (Å²) in [6.45, 7) is 0.547. The molecule has 0 fully saturated rings. The lowest BCUT2D eigenvalue weighted by molar-refractivity contribution is 0.204. The van der Waals surface area contributed by atoms with E-state index in [9.17, 15) is 0 Å². The normalized spacial score (nSPS) is 12.5. The summed E-state index contributed by atoms with van der Waals surface area (Å²) in [6, 6.07) is 11.9. The van der Waals surface area contributed by atoms with Crippen LogP contribution in [0.3, 0.4) is 0 Å². The molecular weight excluding hydrogens is 304 g/mol. The summed E-state index contributed by atoms with van der Waals surface area (Å²) >= 11 is 7.91. The molecule has 1 heterocycles. The van der Waals surface area contributed by atoms with Crippen molar-refractivity contribution in [3.8, 4) is 5.75 Å². The quantitative estimate of drug-likeness (QED) is 0.757. The standard InChI is InChI=1S/C16H15ClN2OS/c17-13-6-5-11-3-1-2-4-12(11)16(13)20-14(7-8-18)15-9-19-10-21-15/h1-6,9-10,14H,7-8,18H2. The van der Waals surface area contributed by atoms with Crippen molar-refractivity contribution in [3.63, 3.8) is 0 Å². The molecule has 21 heavy (non-hydrogen) atoms. The molecule has 0 aliphatic carbocycles. The molecule has 0 spiro atoms. The van der Waals surface area contributed by atoms with Crippen LogP contribution in [0.25, 0.3) is 10.8 Å². The van der Waals surface area contributed by atoms with E-state index in [1.165, 1.54) is 0 Å². The van der Waals surface area contributed by atoms with E-state index < -0.39 is 0 Å². The lowest BCUT2D eigenvalue weighted by Gasteiger charge is -2.19. The number of nitrogens with two attached hydrogens (primary N) is 1. The van der Waals surface area contributed by atoms with Crippen molar-refractivity contribution in [1.29, 1.82) is 0 Å². The Kier molecular flexibility index (Phi) is 4.39. The Morgan fingerprint density at radius 3 is 2.86 bits per heavy atom. The minimum atomic E-state index is -0.120. The molecule has 1 atom stereocenters. The number of thiazole rings is 1. The highest BCUT2D eigenvalue weighted by Gasteiger charge is 2.17. The van der Waals surface area contributed by atoms with Gasteiger partial charge in [0.15, 0.2) is 0 Å². The van der Waals surface area contributed by atoms with Crippen LogP contribution in [0.15, 0.2) is 48.1 Å². The summed E-state index contributed by atoms with van der Waals surface area (Å²) in [7, 11) is 0. The summed E-state index contributed by atoms with van der Waals surface area (Å²) < 4.78 is 6.20. The number of halogens is 1. The summed E-state index contributed by atoms with van der Waals surface area (Å²) in [4.78, 5) is 5.18. The van der Waals surface area contributed by atoms with E-state index in [1.807, 2.05) is 42.6 Å². The van der Waals surface area contributed by atoms with Gasteiger partial charge in [-0.3, -0.25) is 4.98 Å². The fourth-order valence-corrected chi connectivity index (χ4v) is 3.17. The highest BCUT2D eigenvalue weighted by molar-refractivity contribution is 7.09. The zero-order chi connectivity index (χ0) is 14.7. The van der Waals surface area contributed by atoms with Crippen LogP contribution in [0.1, 0.15) is 17.4 Å². The lowest BCUT2D eigenvalue weighted by atomic mass is 10.1. The van der Waals surface area contributed by atoms with Gasteiger partial charge in [0, 0.05) is 18.0 Å². The maximum absolute atomic E-state index is 6.34. The predicted octanol–water partition coefficient (Wildman–Crippen LogP) is 4.42. The van der Waals surface area contributed by atoms with Gasteiger partial charge in [-0.15, -0.1) is 11.3 Å². The van der Waals surface area contributed by atoms with Crippen LogP contribution < -0.4 is 10.5 Å². The molecular formula is C16H15ClN2OS. The fourth-order valence-electron chi connectivity index (χ4n) is 2.27. The second kappa shape index (κ2) is 6.43.